The number of carbonyl (C=O) groups excluding carboxylic acids is 1. The van der Waals surface area contributed by atoms with E-state index in [9.17, 15) is 4.79 Å². The summed E-state index contributed by atoms with van der Waals surface area (Å²) >= 11 is 1.40. The van der Waals surface area contributed by atoms with Crippen LogP contribution in [0.4, 0.5) is 5.13 Å². The molecule has 4 rings (SSSR count). The predicted molar refractivity (Wildman–Crippen MR) is 103 cm³/mol. The minimum absolute atomic E-state index is 0.152. The fourth-order valence-corrected chi connectivity index (χ4v) is 3.23. The second kappa shape index (κ2) is 7.33. The number of hydrogen-bond acceptors (Lipinski definition) is 4. The second-order valence-electron chi connectivity index (χ2n) is 5.80. The Morgan fingerprint density at radius 2 is 1.96 bits per heavy atom. The van der Waals surface area contributed by atoms with Gasteiger partial charge in [-0.2, -0.15) is 0 Å². The summed E-state index contributed by atoms with van der Waals surface area (Å²) in [6.45, 7) is 0.780. The molecule has 2 heterocycles. The minimum atomic E-state index is -0.152. The van der Waals surface area contributed by atoms with Crippen molar-refractivity contribution in [3.8, 4) is 11.1 Å². The second-order valence-corrected chi connectivity index (χ2v) is 6.70. The van der Waals surface area contributed by atoms with Crippen molar-refractivity contribution in [2.45, 2.75) is 6.54 Å². The Hall–Kier alpha value is -3.25. The number of aromatic nitrogens is 3. The smallest absolute Gasteiger partial charge is 0.257 e. The van der Waals surface area contributed by atoms with Crippen LogP contribution in [-0.4, -0.2) is 20.4 Å². The van der Waals surface area contributed by atoms with E-state index in [2.05, 4.69) is 33.5 Å². The molecule has 0 aliphatic heterocycles. The molecule has 6 heteroatoms. The van der Waals surface area contributed by atoms with E-state index in [1.807, 2.05) is 52.8 Å². The lowest BCUT2D eigenvalue weighted by Gasteiger charge is -2.08. The molecule has 2 aromatic carbocycles. The van der Waals surface area contributed by atoms with Gasteiger partial charge < -0.3 is 4.57 Å². The lowest BCUT2D eigenvalue weighted by Crippen LogP contribution is -2.11. The van der Waals surface area contributed by atoms with Crippen LogP contribution in [0.2, 0.25) is 0 Å². The van der Waals surface area contributed by atoms with Gasteiger partial charge in [0, 0.05) is 36.1 Å². The van der Waals surface area contributed by atoms with Crippen molar-refractivity contribution in [2.75, 3.05) is 5.32 Å². The Bertz CT molecular complexity index is 993. The third-order valence-corrected chi connectivity index (χ3v) is 4.67. The van der Waals surface area contributed by atoms with Crippen molar-refractivity contribution in [3.05, 3.63) is 90.0 Å². The number of hydrogen-bond donors (Lipinski definition) is 1. The lowest BCUT2D eigenvalue weighted by atomic mass is 10.0. The highest BCUT2D eigenvalue weighted by Gasteiger charge is 2.08. The van der Waals surface area contributed by atoms with Gasteiger partial charge in [0.2, 0.25) is 0 Å². The van der Waals surface area contributed by atoms with Crippen molar-refractivity contribution in [2.24, 2.45) is 0 Å². The van der Waals surface area contributed by atoms with E-state index in [1.54, 1.807) is 12.4 Å². The van der Waals surface area contributed by atoms with Crippen LogP contribution in [0, 0.1) is 0 Å². The number of rotatable bonds is 5. The number of nitrogens with one attached hydrogen (secondary N) is 1. The molecule has 1 amide bonds. The first-order valence-corrected chi connectivity index (χ1v) is 9.02. The quantitative estimate of drug-likeness (QED) is 0.577. The molecule has 0 aliphatic rings. The van der Waals surface area contributed by atoms with E-state index in [1.165, 1.54) is 16.9 Å². The maximum Gasteiger partial charge on any atom is 0.257 e. The third kappa shape index (κ3) is 3.70. The van der Waals surface area contributed by atoms with Gasteiger partial charge in [-0.3, -0.25) is 10.1 Å². The molecule has 0 radical (unpaired) electrons. The van der Waals surface area contributed by atoms with Gasteiger partial charge in [-0.1, -0.05) is 30.3 Å². The Morgan fingerprint density at radius 3 is 2.69 bits per heavy atom. The fourth-order valence-electron chi connectivity index (χ4n) is 2.71. The highest BCUT2D eigenvalue weighted by atomic mass is 32.1. The summed E-state index contributed by atoms with van der Waals surface area (Å²) in [5.41, 5.74) is 4.00. The molecule has 0 saturated carbocycles. The van der Waals surface area contributed by atoms with Gasteiger partial charge in [-0.15, -0.1) is 11.3 Å². The lowest BCUT2D eigenvalue weighted by molar-refractivity contribution is 0.102. The largest absolute Gasteiger partial charge is 0.333 e. The van der Waals surface area contributed by atoms with Gasteiger partial charge in [-0.05, 0) is 34.9 Å². The Labute approximate surface area is 155 Å². The summed E-state index contributed by atoms with van der Waals surface area (Å²) in [5, 5.41) is 5.22. The standard InChI is InChI=1S/C20H16N4OS/c25-19(23-20-22-9-11-26-20)17-6-4-16(5-7-17)18-3-1-2-15(12-18)13-24-10-8-21-14-24/h1-12,14H,13H2,(H,22,23,25). The van der Waals surface area contributed by atoms with Gasteiger partial charge in [0.05, 0.1) is 6.33 Å². The molecule has 1 N–H and O–H groups in total. The van der Waals surface area contributed by atoms with Gasteiger partial charge in [0.1, 0.15) is 0 Å². The van der Waals surface area contributed by atoms with Crippen LogP contribution in [0.5, 0.6) is 0 Å². The molecule has 5 nitrogen and oxygen atoms in total. The summed E-state index contributed by atoms with van der Waals surface area (Å²) in [5.74, 6) is -0.152. The van der Waals surface area contributed by atoms with Crippen LogP contribution in [-0.2, 0) is 6.54 Å². The first-order valence-electron chi connectivity index (χ1n) is 8.14. The molecule has 128 valence electrons. The Morgan fingerprint density at radius 1 is 1.08 bits per heavy atom. The monoisotopic (exact) mass is 360 g/mol. The molecular formula is C20H16N4OS. The molecule has 0 unspecified atom stereocenters. The van der Waals surface area contributed by atoms with Crippen molar-refractivity contribution in [3.63, 3.8) is 0 Å². The molecule has 26 heavy (non-hydrogen) atoms. The summed E-state index contributed by atoms with van der Waals surface area (Å²) in [7, 11) is 0. The Balaban J connectivity index is 1.50. The molecule has 0 atom stereocenters. The van der Waals surface area contributed by atoms with Gasteiger partial charge in [-0.25, -0.2) is 9.97 Å². The summed E-state index contributed by atoms with van der Waals surface area (Å²) < 4.78 is 2.03. The van der Waals surface area contributed by atoms with E-state index >= 15 is 0 Å². The molecule has 0 spiro atoms. The number of benzene rings is 2. The number of nitrogens with zero attached hydrogens (tertiary/aromatic N) is 3. The average molecular weight is 360 g/mol. The zero-order valence-electron chi connectivity index (χ0n) is 13.9. The summed E-state index contributed by atoms with van der Waals surface area (Å²) in [6, 6.07) is 16.0. The van der Waals surface area contributed by atoms with Crippen molar-refractivity contribution >= 4 is 22.4 Å². The van der Waals surface area contributed by atoms with Crippen LogP contribution in [0.15, 0.2) is 78.8 Å². The van der Waals surface area contributed by atoms with Crippen molar-refractivity contribution < 1.29 is 4.79 Å². The van der Waals surface area contributed by atoms with Gasteiger partial charge >= 0.3 is 0 Å². The molecular weight excluding hydrogens is 344 g/mol. The topological polar surface area (TPSA) is 59.8 Å². The normalized spacial score (nSPS) is 10.6. The molecule has 0 saturated heterocycles. The van der Waals surface area contributed by atoms with Crippen LogP contribution in [0.3, 0.4) is 0 Å². The minimum Gasteiger partial charge on any atom is -0.333 e. The molecule has 0 bridgehead atoms. The maximum absolute atomic E-state index is 12.2. The number of anilines is 1. The third-order valence-electron chi connectivity index (χ3n) is 3.98. The maximum atomic E-state index is 12.2. The zero-order valence-corrected chi connectivity index (χ0v) is 14.7. The number of carbonyl (C=O) groups is 1. The van der Waals surface area contributed by atoms with E-state index in [-0.39, 0.29) is 5.91 Å². The summed E-state index contributed by atoms with van der Waals surface area (Å²) in [6.07, 6.45) is 7.20. The highest BCUT2D eigenvalue weighted by molar-refractivity contribution is 7.13. The number of thiazole rings is 1. The van der Waals surface area contributed by atoms with Crippen molar-refractivity contribution in [1.29, 1.82) is 0 Å². The SMILES string of the molecule is O=C(Nc1nccs1)c1ccc(-c2cccc(Cn3ccnc3)c2)cc1. The predicted octanol–water partition coefficient (Wildman–Crippen LogP) is 4.31. The van der Waals surface area contributed by atoms with Crippen LogP contribution >= 0.6 is 11.3 Å². The van der Waals surface area contributed by atoms with Crippen LogP contribution in [0.25, 0.3) is 11.1 Å². The van der Waals surface area contributed by atoms with E-state index in [0.717, 1.165) is 17.7 Å². The molecule has 0 fully saturated rings. The Kier molecular flexibility index (Phi) is 4.57. The van der Waals surface area contributed by atoms with Gasteiger partial charge in [0.25, 0.3) is 5.91 Å². The fraction of sp³-hybridized carbons (Fsp3) is 0.0500. The summed E-state index contributed by atoms with van der Waals surface area (Å²) in [4.78, 5) is 20.4. The first kappa shape index (κ1) is 16.2. The zero-order chi connectivity index (χ0) is 17.8. The molecule has 2 aromatic heterocycles. The molecule has 4 aromatic rings. The number of imidazole rings is 1. The van der Waals surface area contributed by atoms with Crippen molar-refractivity contribution in [1.82, 2.24) is 14.5 Å². The first-order chi connectivity index (χ1) is 12.8. The molecule has 0 aliphatic carbocycles. The van der Waals surface area contributed by atoms with Gasteiger partial charge in [0.15, 0.2) is 5.13 Å². The van der Waals surface area contributed by atoms with E-state index < -0.39 is 0 Å². The average Bonchev–Trinajstić information content (AvgIpc) is 3.36. The highest BCUT2D eigenvalue weighted by Crippen LogP contribution is 2.22. The van der Waals surface area contributed by atoms with E-state index in [4.69, 9.17) is 0 Å². The van der Waals surface area contributed by atoms with Crippen LogP contribution < -0.4 is 5.32 Å². The number of amides is 1. The van der Waals surface area contributed by atoms with E-state index in [0.29, 0.717) is 10.7 Å². The van der Waals surface area contributed by atoms with Crippen LogP contribution in [0.1, 0.15) is 15.9 Å².